The zero-order chi connectivity index (χ0) is 16.9. The van der Waals surface area contributed by atoms with E-state index in [1.54, 1.807) is 7.11 Å². The Morgan fingerprint density at radius 2 is 2.17 bits per heavy atom. The molecule has 0 spiro atoms. The average molecular weight is 327 g/mol. The van der Waals surface area contributed by atoms with Gasteiger partial charge in [-0.3, -0.25) is 4.98 Å². The minimum Gasteiger partial charge on any atom is -0.497 e. The monoisotopic (exact) mass is 327 g/mol. The highest BCUT2D eigenvalue weighted by molar-refractivity contribution is 5.48. The highest BCUT2D eigenvalue weighted by atomic mass is 16.5. The van der Waals surface area contributed by atoms with Crippen molar-refractivity contribution in [3.8, 4) is 11.5 Å². The number of nitrogens with zero attached hydrogens (tertiary/aromatic N) is 2. The van der Waals surface area contributed by atoms with Crippen molar-refractivity contribution in [2.24, 2.45) is 0 Å². The number of benzene rings is 1. The summed E-state index contributed by atoms with van der Waals surface area (Å²) in [6.07, 6.45) is 2.90. The summed E-state index contributed by atoms with van der Waals surface area (Å²) in [5, 5.41) is 3.68. The van der Waals surface area contributed by atoms with Crippen LogP contribution in [0.5, 0.6) is 11.5 Å². The maximum absolute atomic E-state index is 5.98. The van der Waals surface area contributed by atoms with Gasteiger partial charge in [-0.05, 0) is 63.4 Å². The number of pyridine rings is 1. The van der Waals surface area contributed by atoms with E-state index in [2.05, 4.69) is 41.4 Å². The number of methoxy groups -OCH3 is 1. The Balaban J connectivity index is 1.91. The Kier molecular flexibility index (Phi) is 5.33. The minimum absolute atomic E-state index is 0.0588. The third-order valence-electron chi connectivity index (χ3n) is 4.26. The molecule has 24 heavy (non-hydrogen) atoms. The number of aromatic nitrogens is 1. The second-order valence-electron chi connectivity index (χ2n) is 6.28. The standard InChI is InChI=1S/C19H25N3O2/c1-22(2)11-5-10-21-19-15-6-4-9-20-17(15)13-24-18-8-7-14(23-3)12-16(18)19/h4,6-9,12,19,21H,5,10-11,13H2,1-3H3. The molecule has 0 bridgehead atoms. The quantitative estimate of drug-likeness (QED) is 0.827. The Morgan fingerprint density at radius 1 is 1.29 bits per heavy atom. The number of nitrogens with one attached hydrogen (secondary N) is 1. The number of rotatable bonds is 6. The Bertz CT molecular complexity index is 688. The predicted octanol–water partition coefficient (Wildman–Crippen LogP) is 2.61. The maximum Gasteiger partial charge on any atom is 0.131 e. The van der Waals surface area contributed by atoms with Crippen molar-refractivity contribution in [2.45, 2.75) is 19.1 Å². The molecule has 1 unspecified atom stereocenters. The van der Waals surface area contributed by atoms with Crippen LogP contribution in [0.4, 0.5) is 0 Å². The van der Waals surface area contributed by atoms with Gasteiger partial charge in [0.25, 0.3) is 0 Å². The molecule has 0 amide bonds. The van der Waals surface area contributed by atoms with Crippen LogP contribution in [-0.2, 0) is 6.61 Å². The lowest BCUT2D eigenvalue weighted by Gasteiger charge is -2.21. The molecule has 1 aliphatic rings. The molecule has 1 atom stereocenters. The fourth-order valence-corrected chi connectivity index (χ4v) is 3.02. The van der Waals surface area contributed by atoms with E-state index in [0.29, 0.717) is 6.61 Å². The van der Waals surface area contributed by atoms with Gasteiger partial charge in [0.1, 0.15) is 18.1 Å². The summed E-state index contributed by atoms with van der Waals surface area (Å²) >= 11 is 0. The highest BCUT2D eigenvalue weighted by Gasteiger charge is 2.25. The van der Waals surface area contributed by atoms with Gasteiger partial charge in [0, 0.05) is 11.8 Å². The second-order valence-corrected chi connectivity index (χ2v) is 6.28. The van der Waals surface area contributed by atoms with Crippen molar-refractivity contribution < 1.29 is 9.47 Å². The number of hydrogen-bond acceptors (Lipinski definition) is 5. The third kappa shape index (κ3) is 3.68. The largest absolute Gasteiger partial charge is 0.497 e. The summed E-state index contributed by atoms with van der Waals surface area (Å²) in [5.74, 6) is 1.73. The Morgan fingerprint density at radius 3 is 2.96 bits per heavy atom. The SMILES string of the molecule is COc1ccc2c(c1)C(NCCCN(C)C)c1cccnc1CO2. The van der Waals surface area contributed by atoms with Crippen LogP contribution in [0, 0.1) is 0 Å². The smallest absolute Gasteiger partial charge is 0.131 e. The van der Waals surface area contributed by atoms with Gasteiger partial charge in [0.2, 0.25) is 0 Å². The molecule has 1 aromatic carbocycles. The first-order valence-electron chi connectivity index (χ1n) is 8.31. The van der Waals surface area contributed by atoms with Crippen molar-refractivity contribution in [3.63, 3.8) is 0 Å². The molecule has 0 radical (unpaired) electrons. The molecule has 1 aromatic heterocycles. The fraction of sp³-hybridized carbons (Fsp3) is 0.421. The normalized spacial score (nSPS) is 16.1. The molecule has 0 fully saturated rings. The van der Waals surface area contributed by atoms with E-state index in [9.17, 15) is 0 Å². The van der Waals surface area contributed by atoms with E-state index in [-0.39, 0.29) is 6.04 Å². The molecular formula is C19H25N3O2. The molecule has 5 heteroatoms. The number of hydrogen-bond donors (Lipinski definition) is 1. The van der Waals surface area contributed by atoms with Gasteiger partial charge >= 0.3 is 0 Å². The molecule has 0 saturated carbocycles. The van der Waals surface area contributed by atoms with Crippen LogP contribution in [0.25, 0.3) is 0 Å². The summed E-state index contributed by atoms with van der Waals surface area (Å²) in [5.41, 5.74) is 3.26. The van der Waals surface area contributed by atoms with Crippen LogP contribution in [0.2, 0.25) is 0 Å². The van der Waals surface area contributed by atoms with Crippen LogP contribution in [0.3, 0.4) is 0 Å². The zero-order valence-corrected chi connectivity index (χ0v) is 14.6. The molecule has 1 aliphatic heterocycles. The van der Waals surface area contributed by atoms with Crippen LogP contribution in [0.15, 0.2) is 36.5 Å². The molecule has 128 valence electrons. The van der Waals surface area contributed by atoms with Gasteiger partial charge in [-0.1, -0.05) is 6.07 Å². The van der Waals surface area contributed by atoms with E-state index >= 15 is 0 Å². The van der Waals surface area contributed by atoms with Gasteiger partial charge in [-0.15, -0.1) is 0 Å². The topological polar surface area (TPSA) is 46.6 Å². The van der Waals surface area contributed by atoms with Gasteiger partial charge in [-0.25, -0.2) is 0 Å². The summed E-state index contributed by atoms with van der Waals surface area (Å²) in [7, 11) is 5.88. The van der Waals surface area contributed by atoms with Gasteiger partial charge in [0.15, 0.2) is 0 Å². The van der Waals surface area contributed by atoms with Gasteiger partial charge < -0.3 is 19.7 Å². The molecule has 3 rings (SSSR count). The summed E-state index contributed by atoms with van der Waals surface area (Å²) < 4.78 is 11.4. The molecular weight excluding hydrogens is 302 g/mol. The fourth-order valence-electron chi connectivity index (χ4n) is 3.02. The second kappa shape index (κ2) is 7.64. The Labute approximate surface area is 143 Å². The van der Waals surface area contributed by atoms with Crippen LogP contribution >= 0.6 is 0 Å². The van der Waals surface area contributed by atoms with E-state index < -0.39 is 0 Å². The first-order chi connectivity index (χ1) is 11.7. The summed E-state index contributed by atoms with van der Waals surface area (Å²) in [4.78, 5) is 6.71. The lowest BCUT2D eigenvalue weighted by molar-refractivity contribution is 0.301. The van der Waals surface area contributed by atoms with Crippen molar-refractivity contribution >= 4 is 0 Å². The highest BCUT2D eigenvalue weighted by Crippen LogP contribution is 2.37. The van der Waals surface area contributed by atoms with E-state index in [1.165, 1.54) is 5.56 Å². The molecule has 0 aliphatic carbocycles. The van der Waals surface area contributed by atoms with Gasteiger partial charge in [-0.2, -0.15) is 0 Å². The van der Waals surface area contributed by atoms with Crippen LogP contribution in [0.1, 0.15) is 29.3 Å². The molecule has 2 heterocycles. The third-order valence-corrected chi connectivity index (χ3v) is 4.26. The minimum atomic E-state index is 0.0588. The van der Waals surface area contributed by atoms with Crippen LogP contribution in [-0.4, -0.2) is 44.2 Å². The number of fused-ring (bicyclic) bond motifs is 2. The zero-order valence-electron chi connectivity index (χ0n) is 14.6. The van der Waals surface area contributed by atoms with Gasteiger partial charge in [0.05, 0.1) is 18.8 Å². The van der Waals surface area contributed by atoms with Crippen molar-refractivity contribution in [1.82, 2.24) is 15.2 Å². The van der Waals surface area contributed by atoms with E-state index in [0.717, 1.165) is 42.3 Å². The van der Waals surface area contributed by atoms with Crippen molar-refractivity contribution in [1.29, 1.82) is 0 Å². The first-order valence-corrected chi connectivity index (χ1v) is 8.31. The maximum atomic E-state index is 5.98. The van der Waals surface area contributed by atoms with Crippen LogP contribution < -0.4 is 14.8 Å². The number of ether oxygens (including phenoxy) is 2. The lowest BCUT2D eigenvalue weighted by atomic mass is 9.97. The summed E-state index contributed by atoms with van der Waals surface area (Å²) in [6, 6.07) is 10.1. The molecule has 2 aromatic rings. The lowest BCUT2D eigenvalue weighted by Crippen LogP contribution is -2.26. The summed E-state index contributed by atoms with van der Waals surface area (Å²) in [6.45, 7) is 2.47. The van der Waals surface area contributed by atoms with Crippen molar-refractivity contribution in [2.75, 3.05) is 34.3 Å². The Hall–Kier alpha value is -2.11. The average Bonchev–Trinajstić information content (AvgIpc) is 2.75. The predicted molar refractivity (Wildman–Crippen MR) is 94.6 cm³/mol. The van der Waals surface area contributed by atoms with E-state index in [4.69, 9.17) is 9.47 Å². The molecule has 1 N–H and O–H groups in total. The van der Waals surface area contributed by atoms with Crippen molar-refractivity contribution in [3.05, 3.63) is 53.3 Å². The first kappa shape index (κ1) is 16.7. The molecule has 0 saturated heterocycles. The molecule has 5 nitrogen and oxygen atoms in total. The van der Waals surface area contributed by atoms with E-state index in [1.807, 2.05) is 24.4 Å².